The van der Waals surface area contributed by atoms with Crippen LogP contribution in [-0.2, 0) is 14.9 Å². The van der Waals surface area contributed by atoms with E-state index in [9.17, 15) is 14.4 Å². The Labute approximate surface area is 189 Å². The summed E-state index contributed by atoms with van der Waals surface area (Å²) in [7, 11) is 0. The number of carbonyl (C=O) groups excluding carboxylic acids is 3. The third kappa shape index (κ3) is 5.18. The van der Waals surface area contributed by atoms with E-state index < -0.39 is 5.97 Å². The summed E-state index contributed by atoms with van der Waals surface area (Å²) < 4.78 is 4.98. The minimum Gasteiger partial charge on any atom is -0.462 e. The molecule has 0 radical (unpaired) electrons. The second-order valence-electron chi connectivity index (χ2n) is 8.77. The van der Waals surface area contributed by atoms with Crippen molar-refractivity contribution in [2.45, 2.75) is 58.8 Å². The van der Waals surface area contributed by atoms with Crippen molar-refractivity contribution >= 4 is 29.2 Å². The predicted octanol–water partition coefficient (Wildman–Crippen LogP) is 5.32. The summed E-state index contributed by atoms with van der Waals surface area (Å²) >= 11 is 0. The molecule has 0 saturated carbocycles. The number of anilines is 2. The van der Waals surface area contributed by atoms with Gasteiger partial charge in [-0.15, -0.1) is 0 Å². The second-order valence-corrected chi connectivity index (χ2v) is 8.77. The Morgan fingerprint density at radius 2 is 1.75 bits per heavy atom. The lowest BCUT2D eigenvalue weighted by Crippen LogP contribution is -2.31. The SMILES string of the molecule is CCCCN1C(=O)CCC(C)(C)c2cc(NC(=O)c3ccc(C(=O)OCC)cc3)ccc21. The monoisotopic (exact) mass is 436 g/mol. The van der Waals surface area contributed by atoms with Crippen molar-refractivity contribution < 1.29 is 19.1 Å². The van der Waals surface area contributed by atoms with Crippen LogP contribution in [0.2, 0.25) is 0 Å². The Balaban J connectivity index is 1.84. The van der Waals surface area contributed by atoms with Crippen LogP contribution >= 0.6 is 0 Å². The molecule has 0 aliphatic carbocycles. The number of amides is 2. The van der Waals surface area contributed by atoms with Crippen molar-refractivity contribution in [3.8, 4) is 0 Å². The lowest BCUT2D eigenvalue weighted by atomic mass is 9.80. The number of hydrogen-bond donors (Lipinski definition) is 1. The molecule has 2 aromatic rings. The number of nitrogens with one attached hydrogen (secondary N) is 1. The van der Waals surface area contributed by atoms with Gasteiger partial charge in [0.05, 0.1) is 12.2 Å². The summed E-state index contributed by atoms with van der Waals surface area (Å²) in [5.74, 6) is -0.510. The minimum absolute atomic E-state index is 0.156. The smallest absolute Gasteiger partial charge is 0.338 e. The van der Waals surface area contributed by atoms with Crippen molar-refractivity contribution in [3.63, 3.8) is 0 Å². The van der Waals surface area contributed by atoms with Gasteiger partial charge in [-0.25, -0.2) is 4.79 Å². The topological polar surface area (TPSA) is 75.7 Å². The molecule has 2 amide bonds. The summed E-state index contributed by atoms with van der Waals surface area (Å²) in [6.07, 6.45) is 3.24. The zero-order valence-electron chi connectivity index (χ0n) is 19.4. The number of nitrogens with zero attached hydrogens (tertiary/aromatic N) is 1. The summed E-state index contributed by atoms with van der Waals surface area (Å²) in [5.41, 5.74) is 3.35. The van der Waals surface area contributed by atoms with Crippen molar-refractivity contribution in [2.75, 3.05) is 23.4 Å². The van der Waals surface area contributed by atoms with Gasteiger partial charge in [0.25, 0.3) is 5.91 Å². The van der Waals surface area contributed by atoms with E-state index in [1.165, 1.54) is 0 Å². The van der Waals surface area contributed by atoms with Crippen molar-refractivity contribution in [3.05, 3.63) is 59.2 Å². The first-order chi connectivity index (χ1) is 15.3. The molecule has 6 nitrogen and oxygen atoms in total. The zero-order chi connectivity index (χ0) is 23.3. The molecule has 32 heavy (non-hydrogen) atoms. The molecule has 170 valence electrons. The summed E-state index contributed by atoms with van der Waals surface area (Å²) in [4.78, 5) is 39.2. The molecule has 1 heterocycles. The molecule has 0 atom stereocenters. The Morgan fingerprint density at radius 3 is 2.41 bits per heavy atom. The Hall–Kier alpha value is -3.15. The lowest BCUT2D eigenvalue weighted by molar-refractivity contribution is -0.118. The average molecular weight is 437 g/mol. The highest BCUT2D eigenvalue weighted by Crippen LogP contribution is 2.40. The first kappa shape index (κ1) is 23.5. The van der Waals surface area contributed by atoms with E-state index in [2.05, 4.69) is 26.1 Å². The fourth-order valence-electron chi connectivity index (χ4n) is 3.95. The summed E-state index contributed by atoms with van der Waals surface area (Å²) in [6, 6.07) is 12.2. The molecule has 1 aliphatic rings. The van der Waals surface area contributed by atoms with Gasteiger partial charge in [-0.1, -0.05) is 27.2 Å². The summed E-state index contributed by atoms with van der Waals surface area (Å²) in [6.45, 7) is 9.16. The standard InChI is InChI=1S/C26H32N2O4/c1-5-7-16-28-22-13-12-20(17-21(22)26(3,4)15-14-23(28)29)27-24(30)18-8-10-19(11-9-18)25(31)32-6-2/h8-13,17H,5-7,14-16H2,1-4H3,(H,27,30). The van der Waals surface area contributed by atoms with E-state index in [0.717, 1.165) is 30.5 Å². The molecule has 0 fully saturated rings. The molecule has 1 aliphatic heterocycles. The van der Waals surface area contributed by atoms with Gasteiger partial charge >= 0.3 is 5.97 Å². The number of fused-ring (bicyclic) bond motifs is 1. The Kier molecular flexibility index (Phi) is 7.33. The molecular formula is C26H32N2O4. The second kappa shape index (κ2) is 9.98. The number of unbranched alkanes of at least 4 members (excludes halogenated alkanes) is 1. The maximum absolute atomic E-state index is 12.8. The van der Waals surface area contributed by atoms with E-state index in [1.807, 2.05) is 23.1 Å². The van der Waals surface area contributed by atoms with Crippen LogP contribution in [0.5, 0.6) is 0 Å². The quantitative estimate of drug-likeness (QED) is 0.596. The van der Waals surface area contributed by atoms with Gasteiger partial charge in [-0.3, -0.25) is 9.59 Å². The highest BCUT2D eigenvalue weighted by molar-refractivity contribution is 6.05. The van der Waals surface area contributed by atoms with Crippen molar-refractivity contribution in [1.82, 2.24) is 0 Å². The average Bonchev–Trinajstić information content (AvgIpc) is 2.87. The van der Waals surface area contributed by atoms with E-state index in [4.69, 9.17) is 4.74 Å². The lowest BCUT2D eigenvalue weighted by Gasteiger charge is -2.28. The normalized spacial score (nSPS) is 15.0. The third-order valence-electron chi connectivity index (χ3n) is 5.93. The van der Waals surface area contributed by atoms with Gasteiger partial charge in [-0.05, 0) is 73.2 Å². The van der Waals surface area contributed by atoms with Crippen molar-refractivity contribution in [1.29, 1.82) is 0 Å². The maximum Gasteiger partial charge on any atom is 0.338 e. The van der Waals surface area contributed by atoms with Crippen LogP contribution in [0.4, 0.5) is 11.4 Å². The molecular weight excluding hydrogens is 404 g/mol. The van der Waals surface area contributed by atoms with Gasteiger partial charge in [0, 0.05) is 29.9 Å². The molecule has 0 spiro atoms. The van der Waals surface area contributed by atoms with Crippen LogP contribution in [0.25, 0.3) is 0 Å². The van der Waals surface area contributed by atoms with Crippen LogP contribution in [-0.4, -0.2) is 30.9 Å². The Morgan fingerprint density at radius 1 is 1.06 bits per heavy atom. The highest BCUT2D eigenvalue weighted by atomic mass is 16.5. The fourth-order valence-corrected chi connectivity index (χ4v) is 3.95. The number of esters is 1. The van der Waals surface area contributed by atoms with Crippen LogP contribution in [0.1, 0.15) is 79.7 Å². The largest absolute Gasteiger partial charge is 0.462 e. The van der Waals surface area contributed by atoms with E-state index in [1.54, 1.807) is 31.2 Å². The van der Waals surface area contributed by atoms with Gasteiger partial charge in [0.2, 0.25) is 5.91 Å². The fraction of sp³-hybridized carbons (Fsp3) is 0.423. The minimum atomic E-state index is -0.408. The first-order valence-electron chi connectivity index (χ1n) is 11.3. The third-order valence-corrected chi connectivity index (χ3v) is 5.93. The number of benzene rings is 2. The van der Waals surface area contributed by atoms with Crippen LogP contribution in [0.3, 0.4) is 0 Å². The molecule has 0 bridgehead atoms. The van der Waals surface area contributed by atoms with Crippen LogP contribution in [0, 0.1) is 0 Å². The molecule has 0 aromatic heterocycles. The highest BCUT2D eigenvalue weighted by Gasteiger charge is 2.33. The number of ether oxygens (including phenoxy) is 1. The molecule has 6 heteroatoms. The number of hydrogen-bond acceptors (Lipinski definition) is 4. The number of rotatable bonds is 7. The van der Waals surface area contributed by atoms with Gasteiger partial charge in [0.1, 0.15) is 0 Å². The van der Waals surface area contributed by atoms with E-state index >= 15 is 0 Å². The molecule has 0 unspecified atom stereocenters. The molecule has 3 rings (SSSR count). The van der Waals surface area contributed by atoms with Crippen LogP contribution in [0.15, 0.2) is 42.5 Å². The van der Waals surface area contributed by atoms with E-state index in [0.29, 0.717) is 36.4 Å². The Bertz CT molecular complexity index is 995. The van der Waals surface area contributed by atoms with Gasteiger partial charge in [-0.2, -0.15) is 0 Å². The number of carbonyl (C=O) groups is 3. The predicted molar refractivity (Wildman–Crippen MR) is 126 cm³/mol. The summed E-state index contributed by atoms with van der Waals surface area (Å²) in [5, 5.41) is 2.95. The first-order valence-corrected chi connectivity index (χ1v) is 11.3. The van der Waals surface area contributed by atoms with E-state index in [-0.39, 0.29) is 17.2 Å². The molecule has 2 aromatic carbocycles. The van der Waals surface area contributed by atoms with Crippen molar-refractivity contribution in [2.24, 2.45) is 0 Å². The van der Waals surface area contributed by atoms with Crippen LogP contribution < -0.4 is 10.2 Å². The molecule has 1 N–H and O–H groups in total. The molecule has 0 saturated heterocycles. The zero-order valence-corrected chi connectivity index (χ0v) is 19.4. The maximum atomic E-state index is 12.8. The van der Waals surface area contributed by atoms with Gasteiger partial charge < -0.3 is 15.0 Å². The van der Waals surface area contributed by atoms with Gasteiger partial charge in [0.15, 0.2) is 0 Å².